The summed E-state index contributed by atoms with van der Waals surface area (Å²) in [5.41, 5.74) is 4.56. The summed E-state index contributed by atoms with van der Waals surface area (Å²) in [6.45, 7) is 4.45. The van der Waals surface area contributed by atoms with Crippen molar-refractivity contribution in [2.45, 2.75) is 45.1 Å². The van der Waals surface area contributed by atoms with Crippen molar-refractivity contribution < 1.29 is 5.11 Å². The van der Waals surface area contributed by atoms with Crippen LogP contribution in [0.2, 0.25) is 0 Å². The molecule has 10 heavy (non-hydrogen) atoms. The number of nitrogens with two attached hydrogens (primary N) is 1. The standard InChI is InChI=1S/C8H18NO/c1-3-5-8(2,10)6-4-7-9/h3-7,9H2,1-2H3. The van der Waals surface area contributed by atoms with Gasteiger partial charge in [-0.1, -0.05) is 13.3 Å². The molecule has 2 heteroatoms. The number of hydrogen-bond donors (Lipinski definition) is 1. The molecule has 0 aromatic carbocycles. The molecule has 1 atom stereocenters. The third kappa shape index (κ3) is 4.77. The summed E-state index contributed by atoms with van der Waals surface area (Å²) in [5.74, 6) is 0. The molecule has 0 aliphatic carbocycles. The van der Waals surface area contributed by atoms with Gasteiger partial charge in [0.05, 0.1) is 0 Å². The molecule has 0 bridgehead atoms. The lowest BCUT2D eigenvalue weighted by Crippen LogP contribution is -2.22. The monoisotopic (exact) mass is 144 g/mol. The fourth-order valence-electron chi connectivity index (χ4n) is 1.13. The van der Waals surface area contributed by atoms with Crippen LogP contribution in [-0.2, 0) is 5.11 Å². The maximum Gasteiger partial charge on any atom is 0.101 e. The molecule has 0 amide bonds. The smallest absolute Gasteiger partial charge is 0.101 e. The first kappa shape index (κ1) is 9.92. The zero-order valence-electron chi connectivity index (χ0n) is 7.02. The van der Waals surface area contributed by atoms with Gasteiger partial charge in [0.15, 0.2) is 0 Å². The minimum atomic E-state index is -0.728. The molecular formula is C8H18NO. The van der Waals surface area contributed by atoms with Gasteiger partial charge in [-0.2, -0.15) is 0 Å². The van der Waals surface area contributed by atoms with E-state index in [9.17, 15) is 5.11 Å². The first-order valence-electron chi connectivity index (χ1n) is 4.03. The maximum atomic E-state index is 11.4. The summed E-state index contributed by atoms with van der Waals surface area (Å²) in [5, 5.41) is 11.4. The van der Waals surface area contributed by atoms with Crippen molar-refractivity contribution in [3.63, 3.8) is 0 Å². The van der Waals surface area contributed by atoms with E-state index in [1.54, 1.807) is 6.92 Å². The van der Waals surface area contributed by atoms with Crippen molar-refractivity contribution in [2.24, 2.45) is 5.73 Å². The largest absolute Gasteiger partial charge is 0.330 e. The van der Waals surface area contributed by atoms with Crippen LogP contribution < -0.4 is 5.73 Å². The Bertz CT molecular complexity index is 81.3. The highest BCUT2D eigenvalue weighted by molar-refractivity contribution is 4.70. The van der Waals surface area contributed by atoms with E-state index in [0.29, 0.717) is 6.54 Å². The van der Waals surface area contributed by atoms with Gasteiger partial charge >= 0.3 is 0 Å². The molecule has 2 N–H and O–H groups in total. The lowest BCUT2D eigenvalue weighted by Gasteiger charge is -2.18. The van der Waals surface area contributed by atoms with Crippen LogP contribution in [0.5, 0.6) is 0 Å². The van der Waals surface area contributed by atoms with Crippen LogP contribution in [0.3, 0.4) is 0 Å². The van der Waals surface area contributed by atoms with Gasteiger partial charge in [-0.05, 0) is 32.7 Å². The minimum Gasteiger partial charge on any atom is -0.330 e. The van der Waals surface area contributed by atoms with Crippen LogP contribution in [0.15, 0.2) is 0 Å². The zero-order chi connectivity index (χ0) is 8.04. The van der Waals surface area contributed by atoms with Crippen molar-refractivity contribution in [1.29, 1.82) is 0 Å². The zero-order valence-corrected chi connectivity index (χ0v) is 7.02. The van der Waals surface area contributed by atoms with Crippen LogP contribution >= 0.6 is 0 Å². The highest BCUT2D eigenvalue weighted by Crippen LogP contribution is 2.18. The molecule has 61 valence electrons. The van der Waals surface area contributed by atoms with Crippen molar-refractivity contribution in [3.8, 4) is 0 Å². The Morgan fingerprint density at radius 2 is 2.00 bits per heavy atom. The van der Waals surface area contributed by atoms with Crippen molar-refractivity contribution >= 4 is 0 Å². The third-order valence-corrected chi connectivity index (χ3v) is 1.69. The summed E-state index contributed by atoms with van der Waals surface area (Å²) in [4.78, 5) is 0. The van der Waals surface area contributed by atoms with Crippen molar-refractivity contribution in [1.82, 2.24) is 0 Å². The molecule has 0 saturated heterocycles. The molecule has 1 unspecified atom stereocenters. The summed E-state index contributed by atoms with van der Waals surface area (Å²) in [6.07, 6.45) is 3.33. The second-order valence-corrected chi connectivity index (χ2v) is 3.09. The SMILES string of the molecule is CCCC(C)([O])CCCN. The Morgan fingerprint density at radius 3 is 2.40 bits per heavy atom. The average molecular weight is 144 g/mol. The Balaban J connectivity index is 3.42. The fraction of sp³-hybridized carbons (Fsp3) is 1.00. The summed E-state index contributed by atoms with van der Waals surface area (Å²) < 4.78 is 0. The second-order valence-electron chi connectivity index (χ2n) is 3.09. The molecule has 0 heterocycles. The van der Waals surface area contributed by atoms with Gasteiger partial charge in [0, 0.05) is 0 Å². The molecule has 2 nitrogen and oxygen atoms in total. The van der Waals surface area contributed by atoms with Crippen LogP contribution in [0.1, 0.15) is 39.5 Å². The molecule has 0 aliphatic heterocycles. The quantitative estimate of drug-likeness (QED) is 0.627. The van der Waals surface area contributed by atoms with Gasteiger partial charge in [-0.15, -0.1) is 0 Å². The van der Waals surface area contributed by atoms with E-state index in [1.165, 1.54) is 0 Å². The molecule has 0 fully saturated rings. The van der Waals surface area contributed by atoms with Gasteiger partial charge in [0.2, 0.25) is 0 Å². The minimum absolute atomic E-state index is 0.640. The van der Waals surface area contributed by atoms with E-state index >= 15 is 0 Å². The van der Waals surface area contributed by atoms with E-state index < -0.39 is 5.60 Å². The first-order valence-corrected chi connectivity index (χ1v) is 4.03. The predicted molar refractivity (Wildman–Crippen MR) is 42.3 cm³/mol. The highest BCUT2D eigenvalue weighted by atomic mass is 16.3. The molecule has 0 aromatic heterocycles. The number of rotatable bonds is 5. The number of hydrogen-bond acceptors (Lipinski definition) is 1. The van der Waals surface area contributed by atoms with Crippen molar-refractivity contribution in [2.75, 3.05) is 6.54 Å². The molecule has 1 radical (unpaired) electrons. The van der Waals surface area contributed by atoms with Gasteiger partial charge in [-0.25, -0.2) is 5.11 Å². The highest BCUT2D eigenvalue weighted by Gasteiger charge is 2.19. The summed E-state index contributed by atoms with van der Waals surface area (Å²) >= 11 is 0. The normalized spacial score (nSPS) is 16.8. The third-order valence-electron chi connectivity index (χ3n) is 1.69. The summed E-state index contributed by atoms with van der Waals surface area (Å²) in [7, 11) is 0. The topological polar surface area (TPSA) is 45.9 Å². The lowest BCUT2D eigenvalue weighted by molar-refractivity contribution is -0.0287. The lowest BCUT2D eigenvalue weighted by atomic mass is 9.95. The van der Waals surface area contributed by atoms with E-state index in [4.69, 9.17) is 5.73 Å². The molecule has 0 rings (SSSR count). The maximum absolute atomic E-state index is 11.4. The molecule has 0 aliphatic rings. The second kappa shape index (κ2) is 4.69. The van der Waals surface area contributed by atoms with E-state index in [2.05, 4.69) is 0 Å². The molecule has 0 saturated carbocycles. The summed E-state index contributed by atoms with van der Waals surface area (Å²) in [6, 6.07) is 0. The molecule has 0 aromatic rings. The Hall–Kier alpha value is -0.0800. The van der Waals surface area contributed by atoms with Crippen LogP contribution in [-0.4, -0.2) is 12.1 Å². The predicted octanol–water partition coefficient (Wildman–Crippen LogP) is 1.71. The van der Waals surface area contributed by atoms with Gasteiger partial charge in [-0.3, -0.25) is 0 Å². The van der Waals surface area contributed by atoms with Crippen LogP contribution in [0, 0.1) is 0 Å². The Morgan fingerprint density at radius 1 is 1.40 bits per heavy atom. The van der Waals surface area contributed by atoms with Crippen LogP contribution in [0.4, 0.5) is 0 Å². The van der Waals surface area contributed by atoms with Gasteiger partial charge in [0.1, 0.15) is 5.60 Å². The first-order chi connectivity index (χ1) is 4.62. The molecular weight excluding hydrogens is 126 g/mol. The van der Waals surface area contributed by atoms with Crippen LogP contribution in [0.25, 0.3) is 0 Å². The van der Waals surface area contributed by atoms with Crippen molar-refractivity contribution in [3.05, 3.63) is 0 Å². The average Bonchev–Trinajstić information content (AvgIpc) is 1.84. The fourth-order valence-corrected chi connectivity index (χ4v) is 1.13. The van der Waals surface area contributed by atoms with E-state index in [1.807, 2.05) is 6.92 Å². The van der Waals surface area contributed by atoms with Gasteiger partial charge in [0.25, 0.3) is 0 Å². The molecule has 0 spiro atoms. The van der Waals surface area contributed by atoms with E-state index in [0.717, 1.165) is 25.7 Å². The van der Waals surface area contributed by atoms with E-state index in [-0.39, 0.29) is 0 Å². The Kier molecular flexibility index (Phi) is 4.65. The Labute approximate surface area is 63.4 Å². The van der Waals surface area contributed by atoms with Gasteiger partial charge < -0.3 is 5.73 Å².